The Bertz CT molecular complexity index is 484. The molecule has 0 bridgehead atoms. The highest BCUT2D eigenvalue weighted by Crippen LogP contribution is 2.41. The molecule has 1 unspecified atom stereocenters. The lowest BCUT2D eigenvalue weighted by Crippen LogP contribution is -2.17. The van der Waals surface area contributed by atoms with Gasteiger partial charge in [0.05, 0.1) is 6.04 Å². The Balaban J connectivity index is 2.00. The summed E-state index contributed by atoms with van der Waals surface area (Å²) in [5, 5.41) is 1.35. The van der Waals surface area contributed by atoms with E-state index in [2.05, 4.69) is 60.1 Å². The molecule has 78 valence electrons. The molecule has 1 aromatic heterocycles. The topological polar surface area (TPSA) is 8.17 Å². The second kappa shape index (κ2) is 3.11. The largest absolute Gasteiger partial charge is 0.343 e. The van der Waals surface area contributed by atoms with Gasteiger partial charge < -0.3 is 9.47 Å². The van der Waals surface area contributed by atoms with Crippen LogP contribution < -0.4 is 0 Å². The first-order chi connectivity index (χ1) is 7.27. The molecule has 1 aliphatic rings. The van der Waals surface area contributed by atoms with Gasteiger partial charge in [-0.2, -0.15) is 0 Å². The quantitative estimate of drug-likeness (QED) is 0.723. The summed E-state index contributed by atoms with van der Waals surface area (Å²) in [7, 11) is 4.33. The molecule has 0 spiro atoms. The molecule has 1 aromatic carbocycles. The molecule has 1 saturated carbocycles. The number of aromatic nitrogens is 1. The number of fused-ring (bicyclic) bond motifs is 1. The van der Waals surface area contributed by atoms with Crippen molar-refractivity contribution in [1.29, 1.82) is 0 Å². The van der Waals surface area contributed by atoms with E-state index in [1.54, 1.807) is 0 Å². The Morgan fingerprint density at radius 2 is 2.00 bits per heavy atom. The van der Waals surface area contributed by atoms with Gasteiger partial charge in [-0.15, -0.1) is 0 Å². The fourth-order valence-corrected chi connectivity index (χ4v) is 2.42. The second-order valence-corrected chi connectivity index (χ2v) is 4.62. The van der Waals surface area contributed by atoms with E-state index in [9.17, 15) is 0 Å². The van der Waals surface area contributed by atoms with Crippen LogP contribution in [0.1, 0.15) is 12.5 Å². The maximum atomic E-state index is 2.42. The van der Waals surface area contributed by atoms with Gasteiger partial charge in [-0.25, -0.2) is 0 Å². The summed E-state index contributed by atoms with van der Waals surface area (Å²) in [5.41, 5.74) is 1.37. The van der Waals surface area contributed by atoms with Crippen molar-refractivity contribution in [3.63, 3.8) is 0 Å². The van der Waals surface area contributed by atoms with Crippen molar-refractivity contribution in [2.45, 2.75) is 18.5 Å². The van der Waals surface area contributed by atoms with Crippen molar-refractivity contribution in [3.8, 4) is 0 Å². The van der Waals surface area contributed by atoms with Crippen LogP contribution in [0, 0.1) is 0 Å². The number of likely N-dealkylation sites (N-methyl/N-ethyl adjacent to an activating group) is 1. The molecule has 2 atom stereocenters. The predicted octanol–water partition coefficient (Wildman–Crippen LogP) is 2.52. The van der Waals surface area contributed by atoms with Crippen LogP contribution in [0.5, 0.6) is 0 Å². The molecule has 2 aromatic rings. The molecule has 0 N–H and O–H groups in total. The molecule has 15 heavy (non-hydrogen) atoms. The highest BCUT2D eigenvalue weighted by molar-refractivity contribution is 5.80. The van der Waals surface area contributed by atoms with E-state index in [-0.39, 0.29) is 0 Å². The third-order valence-corrected chi connectivity index (χ3v) is 3.37. The Labute approximate surface area is 90.1 Å². The lowest BCUT2D eigenvalue weighted by molar-refractivity contribution is 0.377. The van der Waals surface area contributed by atoms with Gasteiger partial charge in [0.15, 0.2) is 0 Å². The van der Waals surface area contributed by atoms with Gasteiger partial charge in [0, 0.05) is 17.8 Å². The maximum absolute atomic E-state index is 2.42. The van der Waals surface area contributed by atoms with Crippen molar-refractivity contribution in [3.05, 3.63) is 36.5 Å². The van der Waals surface area contributed by atoms with E-state index in [1.165, 1.54) is 17.3 Å². The number of hydrogen-bond acceptors (Lipinski definition) is 1. The number of nitrogens with zero attached hydrogens (tertiary/aromatic N) is 2. The Morgan fingerprint density at radius 1 is 1.20 bits per heavy atom. The van der Waals surface area contributed by atoms with E-state index < -0.39 is 0 Å². The van der Waals surface area contributed by atoms with Crippen LogP contribution in [-0.4, -0.2) is 29.6 Å². The Morgan fingerprint density at radius 3 is 2.73 bits per heavy atom. The first-order valence-corrected chi connectivity index (χ1v) is 5.49. The van der Waals surface area contributed by atoms with Gasteiger partial charge in [0.1, 0.15) is 0 Å². The van der Waals surface area contributed by atoms with E-state index in [4.69, 9.17) is 0 Å². The van der Waals surface area contributed by atoms with E-state index in [0.29, 0.717) is 6.04 Å². The summed E-state index contributed by atoms with van der Waals surface area (Å²) in [6.07, 6.45) is 3.50. The van der Waals surface area contributed by atoms with Gasteiger partial charge in [0.25, 0.3) is 0 Å². The molecule has 2 nitrogen and oxygen atoms in total. The minimum atomic E-state index is 0.680. The number of para-hydroxylation sites is 1. The van der Waals surface area contributed by atoms with Crippen LogP contribution >= 0.6 is 0 Å². The standard InChI is InChI=1S/C13H16N2/c1-14(2)12-9-13(12)15-8-7-10-5-3-4-6-11(10)15/h3-8,12-13H,9H2,1-2H3/t12?,13-/m0/s1. The summed E-state index contributed by atoms with van der Waals surface area (Å²) in [5.74, 6) is 0. The van der Waals surface area contributed by atoms with Crippen molar-refractivity contribution < 1.29 is 0 Å². The number of benzene rings is 1. The van der Waals surface area contributed by atoms with Crippen LogP contribution in [-0.2, 0) is 0 Å². The molecular formula is C13H16N2. The smallest absolute Gasteiger partial charge is 0.0508 e. The highest BCUT2D eigenvalue weighted by Gasteiger charge is 2.40. The molecule has 0 amide bonds. The van der Waals surface area contributed by atoms with Gasteiger partial charge >= 0.3 is 0 Å². The first kappa shape index (κ1) is 8.98. The third-order valence-electron chi connectivity index (χ3n) is 3.37. The molecule has 0 saturated heterocycles. The van der Waals surface area contributed by atoms with Gasteiger partial charge in [0.2, 0.25) is 0 Å². The maximum Gasteiger partial charge on any atom is 0.0508 e. The molecule has 1 aliphatic carbocycles. The third kappa shape index (κ3) is 1.37. The fraction of sp³-hybridized carbons (Fsp3) is 0.385. The van der Waals surface area contributed by atoms with Gasteiger partial charge in [-0.3, -0.25) is 0 Å². The average Bonchev–Trinajstić information content (AvgIpc) is 2.92. The van der Waals surface area contributed by atoms with E-state index >= 15 is 0 Å². The molecule has 0 aliphatic heterocycles. The molecule has 3 rings (SSSR count). The Hall–Kier alpha value is -1.28. The van der Waals surface area contributed by atoms with Crippen molar-refractivity contribution in [2.75, 3.05) is 14.1 Å². The molecule has 1 heterocycles. The van der Waals surface area contributed by atoms with Gasteiger partial charge in [-0.1, -0.05) is 18.2 Å². The van der Waals surface area contributed by atoms with E-state index in [0.717, 1.165) is 6.04 Å². The second-order valence-electron chi connectivity index (χ2n) is 4.62. The summed E-state index contributed by atoms with van der Waals surface area (Å²) < 4.78 is 2.42. The van der Waals surface area contributed by atoms with Crippen molar-refractivity contribution in [2.24, 2.45) is 0 Å². The molecule has 1 fully saturated rings. The SMILES string of the molecule is CN(C)C1C[C@@H]1n1ccc2ccccc21. The van der Waals surface area contributed by atoms with Crippen LogP contribution in [0.15, 0.2) is 36.5 Å². The lowest BCUT2D eigenvalue weighted by Gasteiger charge is -2.10. The molecular weight excluding hydrogens is 184 g/mol. The average molecular weight is 200 g/mol. The summed E-state index contributed by atoms with van der Waals surface area (Å²) in [4.78, 5) is 2.32. The van der Waals surface area contributed by atoms with Crippen molar-refractivity contribution in [1.82, 2.24) is 9.47 Å². The zero-order valence-corrected chi connectivity index (χ0v) is 9.22. The minimum Gasteiger partial charge on any atom is -0.343 e. The molecule has 2 heteroatoms. The van der Waals surface area contributed by atoms with Gasteiger partial charge in [-0.05, 0) is 38.0 Å². The van der Waals surface area contributed by atoms with Crippen LogP contribution in [0.2, 0.25) is 0 Å². The number of rotatable bonds is 2. The highest BCUT2D eigenvalue weighted by atomic mass is 15.2. The van der Waals surface area contributed by atoms with Crippen molar-refractivity contribution >= 4 is 10.9 Å². The van der Waals surface area contributed by atoms with Crippen LogP contribution in [0.4, 0.5) is 0 Å². The monoisotopic (exact) mass is 200 g/mol. The number of hydrogen-bond donors (Lipinski definition) is 0. The Kier molecular flexibility index (Phi) is 1.86. The van der Waals surface area contributed by atoms with Crippen LogP contribution in [0.25, 0.3) is 10.9 Å². The predicted molar refractivity (Wildman–Crippen MR) is 63.1 cm³/mol. The summed E-state index contributed by atoms with van der Waals surface area (Å²) >= 11 is 0. The normalized spacial score (nSPS) is 25.0. The fourth-order valence-electron chi connectivity index (χ4n) is 2.42. The van der Waals surface area contributed by atoms with Crippen LogP contribution in [0.3, 0.4) is 0 Å². The summed E-state index contributed by atoms with van der Waals surface area (Å²) in [6.45, 7) is 0. The van der Waals surface area contributed by atoms with E-state index in [1.807, 2.05) is 0 Å². The zero-order valence-electron chi connectivity index (χ0n) is 9.22. The minimum absolute atomic E-state index is 0.680. The lowest BCUT2D eigenvalue weighted by atomic mass is 10.2. The zero-order chi connectivity index (χ0) is 10.4. The first-order valence-electron chi connectivity index (χ1n) is 5.49. The molecule has 0 radical (unpaired) electrons. The summed E-state index contributed by atoms with van der Waals surface area (Å²) in [6, 6.07) is 12.2.